The third kappa shape index (κ3) is 3.40. The molecule has 6 nitrogen and oxygen atoms in total. The summed E-state index contributed by atoms with van der Waals surface area (Å²) in [6.07, 6.45) is 0.892. The van der Waals surface area contributed by atoms with Crippen LogP contribution in [0.3, 0.4) is 0 Å². The second-order valence-corrected chi connectivity index (χ2v) is 7.37. The molecule has 22 heavy (non-hydrogen) atoms. The zero-order valence-electron chi connectivity index (χ0n) is 12.3. The molecule has 1 aliphatic heterocycles. The van der Waals surface area contributed by atoms with Gasteiger partial charge in [-0.3, -0.25) is 0 Å². The zero-order chi connectivity index (χ0) is 16.4. The van der Waals surface area contributed by atoms with Gasteiger partial charge in [-0.1, -0.05) is 0 Å². The Labute approximate surface area is 129 Å². The summed E-state index contributed by atoms with van der Waals surface area (Å²) in [7, 11) is -2.54. The van der Waals surface area contributed by atoms with Crippen molar-refractivity contribution in [2.24, 2.45) is 0 Å². The topological polar surface area (TPSA) is 87.1 Å². The number of aliphatic hydroxyl groups is 2. The fraction of sp³-hybridized carbons (Fsp3) is 0.571. The number of benzene rings is 1. The van der Waals surface area contributed by atoms with E-state index in [1.165, 1.54) is 23.5 Å². The molecule has 124 valence electrons. The molecule has 0 bridgehead atoms. The van der Waals surface area contributed by atoms with Gasteiger partial charge in [0.05, 0.1) is 24.2 Å². The number of hydrogen-bond donors (Lipinski definition) is 2. The smallest absolute Gasteiger partial charge is 0.243 e. The molecule has 0 saturated carbocycles. The average molecular weight is 333 g/mol. The van der Waals surface area contributed by atoms with Crippen molar-refractivity contribution in [2.45, 2.75) is 29.8 Å². The molecule has 1 aromatic rings. The Bertz CT molecular complexity index is 636. The minimum Gasteiger partial charge on any atom is -0.494 e. The summed E-state index contributed by atoms with van der Waals surface area (Å²) in [5.41, 5.74) is -1.25. The molecule has 1 aromatic carbocycles. The van der Waals surface area contributed by atoms with Crippen LogP contribution in [-0.2, 0) is 10.0 Å². The predicted molar refractivity (Wildman–Crippen MR) is 77.6 cm³/mol. The summed E-state index contributed by atoms with van der Waals surface area (Å²) in [5, 5.41) is 19.3. The van der Waals surface area contributed by atoms with Crippen molar-refractivity contribution in [3.8, 4) is 5.75 Å². The van der Waals surface area contributed by atoms with Crippen LogP contribution in [0, 0.1) is 5.82 Å². The first-order valence-electron chi connectivity index (χ1n) is 6.99. The number of hydrogen-bond acceptors (Lipinski definition) is 5. The zero-order valence-corrected chi connectivity index (χ0v) is 13.1. The van der Waals surface area contributed by atoms with E-state index in [4.69, 9.17) is 4.74 Å². The molecular weight excluding hydrogens is 313 g/mol. The lowest BCUT2D eigenvalue weighted by Gasteiger charge is -2.24. The van der Waals surface area contributed by atoms with Gasteiger partial charge in [0.2, 0.25) is 10.0 Å². The van der Waals surface area contributed by atoms with Crippen LogP contribution in [0.5, 0.6) is 5.75 Å². The second kappa shape index (κ2) is 6.49. The molecule has 0 aromatic heterocycles. The van der Waals surface area contributed by atoms with Crippen LogP contribution in [0.2, 0.25) is 0 Å². The number of rotatable bonds is 4. The van der Waals surface area contributed by atoms with E-state index in [0.717, 1.165) is 6.07 Å². The van der Waals surface area contributed by atoms with Crippen molar-refractivity contribution in [1.29, 1.82) is 0 Å². The number of nitrogens with zero attached hydrogens (tertiary/aromatic N) is 1. The minimum atomic E-state index is -3.85. The molecule has 0 unspecified atom stereocenters. The quantitative estimate of drug-likeness (QED) is 0.848. The highest BCUT2D eigenvalue weighted by molar-refractivity contribution is 7.89. The van der Waals surface area contributed by atoms with Gasteiger partial charge in [0.15, 0.2) is 11.6 Å². The molecule has 1 atom stereocenters. The summed E-state index contributed by atoms with van der Waals surface area (Å²) in [5.74, 6) is -0.769. The Morgan fingerprint density at radius 2 is 2.09 bits per heavy atom. The molecule has 1 fully saturated rings. The van der Waals surface area contributed by atoms with Crippen LogP contribution in [-0.4, -0.2) is 55.3 Å². The Hall–Kier alpha value is -1.22. The van der Waals surface area contributed by atoms with E-state index in [0.29, 0.717) is 12.8 Å². The standard InChI is InChI=1S/C14H20FNO5S/c1-21-13-4-3-11(9-12(13)15)22(19,20)16-7-2-5-14(18,10-17)6-8-16/h3-4,9,17-18H,2,5-8,10H2,1H3/t14-/m0/s1. The van der Waals surface area contributed by atoms with Crippen molar-refractivity contribution in [3.05, 3.63) is 24.0 Å². The average Bonchev–Trinajstić information content (AvgIpc) is 2.70. The maximum atomic E-state index is 13.7. The summed E-state index contributed by atoms with van der Waals surface area (Å²) < 4.78 is 44.8. The Balaban J connectivity index is 2.25. The molecular formula is C14H20FNO5S. The van der Waals surface area contributed by atoms with Crippen LogP contribution < -0.4 is 4.74 Å². The number of halogens is 1. The van der Waals surface area contributed by atoms with Gasteiger partial charge >= 0.3 is 0 Å². The van der Waals surface area contributed by atoms with Crippen molar-refractivity contribution >= 4 is 10.0 Å². The van der Waals surface area contributed by atoms with Crippen LogP contribution in [0.15, 0.2) is 23.1 Å². The van der Waals surface area contributed by atoms with E-state index in [-0.39, 0.29) is 30.2 Å². The highest BCUT2D eigenvalue weighted by atomic mass is 32.2. The van der Waals surface area contributed by atoms with Gasteiger partial charge in [-0.15, -0.1) is 0 Å². The van der Waals surface area contributed by atoms with E-state index < -0.39 is 28.0 Å². The van der Waals surface area contributed by atoms with Crippen LogP contribution in [0.4, 0.5) is 4.39 Å². The van der Waals surface area contributed by atoms with Crippen molar-refractivity contribution in [2.75, 3.05) is 26.8 Å². The number of methoxy groups -OCH3 is 1. The molecule has 8 heteroatoms. The van der Waals surface area contributed by atoms with Gasteiger partial charge in [-0.25, -0.2) is 12.8 Å². The van der Waals surface area contributed by atoms with Gasteiger partial charge in [-0.2, -0.15) is 4.31 Å². The van der Waals surface area contributed by atoms with E-state index in [2.05, 4.69) is 0 Å². The number of ether oxygens (including phenoxy) is 1. The first-order chi connectivity index (χ1) is 10.3. The maximum absolute atomic E-state index is 13.7. The third-order valence-electron chi connectivity index (χ3n) is 3.93. The monoisotopic (exact) mass is 333 g/mol. The van der Waals surface area contributed by atoms with Gasteiger partial charge < -0.3 is 14.9 Å². The lowest BCUT2D eigenvalue weighted by atomic mass is 9.96. The summed E-state index contributed by atoms with van der Waals surface area (Å²) >= 11 is 0. The summed E-state index contributed by atoms with van der Waals surface area (Å²) in [6, 6.07) is 3.49. The van der Waals surface area contributed by atoms with E-state index in [9.17, 15) is 23.0 Å². The Morgan fingerprint density at radius 3 is 2.68 bits per heavy atom. The second-order valence-electron chi connectivity index (χ2n) is 5.44. The minimum absolute atomic E-state index is 0.0236. The van der Waals surface area contributed by atoms with E-state index >= 15 is 0 Å². The molecule has 1 aliphatic rings. The van der Waals surface area contributed by atoms with Crippen molar-refractivity contribution in [1.82, 2.24) is 4.31 Å². The Kier molecular flexibility index (Phi) is 5.06. The van der Waals surface area contributed by atoms with Gasteiger partial charge in [0, 0.05) is 13.1 Å². The molecule has 1 heterocycles. The maximum Gasteiger partial charge on any atom is 0.243 e. The lowest BCUT2D eigenvalue weighted by Crippen LogP contribution is -2.36. The fourth-order valence-electron chi connectivity index (χ4n) is 2.51. The van der Waals surface area contributed by atoms with Gasteiger partial charge in [0.1, 0.15) is 0 Å². The van der Waals surface area contributed by atoms with Crippen molar-refractivity contribution in [3.63, 3.8) is 0 Å². The normalized spacial score (nSPS) is 24.0. The molecule has 0 aliphatic carbocycles. The van der Waals surface area contributed by atoms with Crippen LogP contribution >= 0.6 is 0 Å². The third-order valence-corrected chi connectivity index (χ3v) is 5.83. The van der Waals surface area contributed by atoms with E-state index in [1.54, 1.807) is 0 Å². The van der Waals surface area contributed by atoms with E-state index in [1.807, 2.05) is 0 Å². The first-order valence-corrected chi connectivity index (χ1v) is 8.43. The molecule has 2 rings (SSSR count). The highest BCUT2D eigenvalue weighted by Crippen LogP contribution is 2.27. The van der Waals surface area contributed by atoms with Crippen LogP contribution in [0.25, 0.3) is 0 Å². The Morgan fingerprint density at radius 1 is 1.36 bits per heavy atom. The first kappa shape index (κ1) is 17.1. The molecule has 0 spiro atoms. The highest BCUT2D eigenvalue weighted by Gasteiger charge is 2.34. The molecule has 1 saturated heterocycles. The summed E-state index contributed by atoms with van der Waals surface area (Å²) in [4.78, 5) is -0.153. The van der Waals surface area contributed by atoms with Crippen molar-refractivity contribution < 1.29 is 27.8 Å². The molecule has 0 radical (unpaired) electrons. The van der Waals surface area contributed by atoms with Gasteiger partial charge in [-0.05, 0) is 37.5 Å². The SMILES string of the molecule is COc1ccc(S(=O)(=O)N2CCC[C@@](O)(CO)CC2)cc1F. The largest absolute Gasteiger partial charge is 0.494 e. The predicted octanol–water partition coefficient (Wildman–Crippen LogP) is 0.732. The number of aliphatic hydroxyl groups excluding tert-OH is 1. The fourth-order valence-corrected chi connectivity index (χ4v) is 4.00. The summed E-state index contributed by atoms with van der Waals surface area (Å²) in [6.45, 7) is -0.108. The molecule has 2 N–H and O–H groups in total. The van der Waals surface area contributed by atoms with Gasteiger partial charge in [0.25, 0.3) is 0 Å². The lowest BCUT2D eigenvalue weighted by molar-refractivity contribution is -0.0244. The molecule has 0 amide bonds. The van der Waals surface area contributed by atoms with Crippen LogP contribution in [0.1, 0.15) is 19.3 Å². The number of sulfonamides is 1.